The van der Waals surface area contributed by atoms with E-state index in [1.165, 1.54) is 0 Å². The fourth-order valence-electron chi connectivity index (χ4n) is 1.50. The average Bonchev–Trinajstić information content (AvgIpc) is 2.23. The Bertz CT molecular complexity index is 547. The molecule has 2 rings (SSSR count). The number of nitrogen functional groups attached to an aromatic ring is 1. The first kappa shape index (κ1) is 9.99. The predicted octanol–water partition coefficient (Wildman–Crippen LogP) is 3.50. The fourth-order valence-corrected chi connectivity index (χ4v) is 1.70. The number of allylic oxidation sites excluding steroid dienone is 1. The van der Waals surface area contributed by atoms with Crippen molar-refractivity contribution in [2.75, 3.05) is 5.73 Å². The van der Waals surface area contributed by atoms with Crippen LogP contribution in [-0.2, 0) is 0 Å². The van der Waals surface area contributed by atoms with Gasteiger partial charge in [0.25, 0.3) is 0 Å². The summed E-state index contributed by atoms with van der Waals surface area (Å²) in [7, 11) is 0. The van der Waals surface area contributed by atoms with Gasteiger partial charge in [-0.2, -0.15) is 0 Å². The van der Waals surface area contributed by atoms with Gasteiger partial charge in [-0.25, -0.2) is 4.98 Å². The molecule has 0 amide bonds. The monoisotopic (exact) mass is 218 g/mol. The van der Waals surface area contributed by atoms with E-state index in [4.69, 9.17) is 17.3 Å². The molecule has 1 aromatic carbocycles. The quantitative estimate of drug-likeness (QED) is 0.796. The minimum absolute atomic E-state index is 0.502. The Morgan fingerprint density at radius 1 is 1.40 bits per heavy atom. The van der Waals surface area contributed by atoms with Gasteiger partial charge in [0.1, 0.15) is 5.82 Å². The molecule has 0 aliphatic heterocycles. The summed E-state index contributed by atoms with van der Waals surface area (Å²) in [6.45, 7) is 5.85. The lowest BCUT2D eigenvalue weighted by molar-refractivity contribution is 1.37. The molecule has 1 heterocycles. The summed E-state index contributed by atoms with van der Waals surface area (Å²) in [6.07, 6.45) is 1.57. The number of hydrogen-bond donors (Lipinski definition) is 1. The second-order valence-electron chi connectivity index (χ2n) is 3.53. The second-order valence-corrected chi connectivity index (χ2v) is 3.94. The molecule has 0 fully saturated rings. The zero-order valence-corrected chi connectivity index (χ0v) is 9.17. The Morgan fingerprint density at radius 3 is 2.80 bits per heavy atom. The minimum atomic E-state index is 0.502. The molecule has 15 heavy (non-hydrogen) atoms. The fraction of sp³-hybridized carbons (Fsp3) is 0.0833. The van der Waals surface area contributed by atoms with E-state index >= 15 is 0 Å². The van der Waals surface area contributed by atoms with Gasteiger partial charge in [-0.1, -0.05) is 35.9 Å². The lowest BCUT2D eigenvalue weighted by atomic mass is 10.0. The number of aromatic nitrogens is 1. The van der Waals surface area contributed by atoms with Gasteiger partial charge in [-0.3, -0.25) is 0 Å². The Balaban J connectivity index is 2.81. The molecule has 0 aliphatic carbocycles. The van der Waals surface area contributed by atoms with Crippen LogP contribution < -0.4 is 5.73 Å². The van der Waals surface area contributed by atoms with Gasteiger partial charge in [-0.05, 0) is 18.6 Å². The smallest absolute Gasteiger partial charge is 0.131 e. The van der Waals surface area contributed by atoms with Gasteiger partial charge in [-0.15, -0.1) is 0 Å². The molecule has 1 aromatic heterocycles. The van der Waals surface area contributed by atoms with Crippen LogP contribution in [0.25, 0.3) is 16.3 Å². The van der Waals surface area contributed by atoms with Crippen molar-refractivity contribution < 1.29 is 0 Å². The van der Waals surface area contributed by atoms with Crippen molar-refractivity contribution in [1.29, 1.82) is 0 Å². The first-order valence-electron chi connectivity index (χ1n) is 4.59. The summed E-state index contributed by atoms with van der Waals surface area (Å²) in [6, 6.07) is 5.88. The number of halogens is 1. The van der Waals surface area contributed by atoms with E-state index in [0.717, 1.165) is 21.9 Å². The lowest BCUT2D eigenvalue weighted by Crippen LogP contribution is -1.92. The molecular formula is C12H11ClN2. The van der Waals surface area contributed by atoms with Gasteiger partial charge < -0.3 is 5.73 Å². The van der Waals surface area contributed by atoms with E-state index in [9.17, 15) is 0 Å². The van der Waals surface area contributed by atoms with Crippen LogP contribution in [0.3, 0.4) is 0 Å². The molecule has 0 saturated heterocycles. The second kappa shape index (κ2) is 3.55. The maximum Gasteiger partial charge on any atom is 0.131 e. The van der Waals surface area contributed by atoms with Gasteiger partial charge in [0.2, 0.25) is 0 Å². The van der Waals surface area contributed by atoms with Crippen LogP contribution in [0.4, 0.5) is 5.82 Å². The molecular weight excluding hydrogens is 208 g/mol. The summed E-state index contributed by atoms with van der Waals surface area (Å²) >= 11 is 6.06. The summed E-state index contributed by atoms with van der Waals surface area (Å²) in [4.78, 5) is 4.00. The van der Waals surface area contributed by atoms with Crippen LogP contribution in [0.5, 0.6) is 0 Å². The number of nitrogens with two attached hydrogens (primary N) is 1. The zero-order chi connectivity index (χ0) is 11.0. The first-order chi connectivity index (χ1) is 7.09. The summed E-state index contributed by atoms with van der Waals surface area (Å²) < 4.78 is 0. The van der Waals surface area contributed by atoms with Crippen LogP contribution >= 0.6 is 11.6 Å². The number of fused-ring (bicyclic) bond motifs is 1. The van der Waals surface area contributed by atoms with E-state index in [0.29, 0.717) is 10.8 Å². The number of rotatable bonds is 1. The molecule has 0 unspecified atom stereocenters. The SMILES string of the molecule is C=C(C)c1ccc2c(N)ncc(Cl)c2c1. The molecule has 2 nitrogen and oxygen atoms in total. The third kappa shape index (κ3) is 1.68. The molecule has 0 saturated carbocycles. The Hall–Kier alpha value is -1.54. The van der Waals surface area contributed by atoms with Crippen molar-refractivity contribution in [3.8, 4) is 0 Å². The highest BCUT2D eigenvalue weighted by atomic mass is 35.5. The van der Waals surface area contributed by atoms with Crippen LogP contribution in [-0.4, -0.2) is 4.98 Å². The number of benzene rings is 1. The van der Waals surface area contributed by atoms with Crippen LogP contribution in [0.1, 0.15) is 12.5 Å². The van der Waals surface area contributed by atoms with E-state index < -0.39 is 0 Å². The normalized spacial score (nSPS) is 10.5. The molecule has 0 spiro atoms. The van der Waals surface area contributed by atoms with Gasteiger partial charge in [0.15, 0.2) is 0 Å². The van der Waals surface area contributed by atoms with Gasteiger partial charge >= 0.3 is 0 Å². The minimum Gasteiger partial charge on any atom is -0.383 e. The zero-order valence-electron chi connectivity index (χ0n) is 8.42. The molecule has 0 radical (unpaired) electrons. The van der Waals surface area contributed by atoms with Crippen molar-refractivity contribution in [3.63, 3.8) is 0 Å². The Labute approximate surface area is 93.4 Å². The molecule has 3 heteroatoms. The van der Waals surface area contributed by atoms with Crippen molar-refractivity contribution in [1.82, 2.24) is 4.98 Å². The standard InChI is InChI=1S/C12H11ClN2/c1-7(2)8-3-4-9-10(5-8)11(13)6-15-12(9)14/h3-6H,1H2,2H3,(H2,14,15). The lowest BCUT2D eigenvalue weighted by Gasteiger charge is -2.06. The van der Waals surface area contributed by atoms with Gasteiger partial charge in [0, 0.05) is 17.0 Å². The number of hydrogen-bond acceptors (Lipinski definition) is 2. The highest BCUT2D eigenvalue weighted by molar-refractivity contribution is 6.35. The topological polar surface area (TPSA) is 38.9 Å². The average molecular weight is 219 g/mol. The number of nitrogens with zero attached hydrogens (tertiary/aromatic N) is 1. The molecule has 2 aromatic rings. The third-order valence-electron chi connectivity index (χ3n) is 2.36. The Kier molecular flexibility index (Phi) is 2.37. The molecule has 0 aliphatic rings. The highest BCUT2D eigenvalue weighted by Gasteiger charge is 2.04. The number of anilines is 1. The van der Waals surface area contributed by atoms with E-state index in [1.807, 2.05) is 25.1 Å². The van der Waals surface area contributed by atoms with Crippen molar-refractivity contribution in [2.45, 2.75) is 6.92 Å². The highest BCUT2D eigenvalue weighted by Crippen LogP contribution is 2.28. The first-order valence-corrected chi connectivity index (χ1v) is 4.97. The molecule has 76 valence electrons. The molecule has 0 atom stereocenters. The molecule has 0 bridgehead atoms. The number of pyridine rings is 1. The maximum absolute atomic E-state index is 6.06. The van der Waals surface area contributed by atoms with Crippen LogP contribution in [0.15, 0.2) is 31.0 Å². The van der Waals surface area contributed by atoms with Crippen LogP contribution in [0, 0.1) is 0 Å². The summed E-state index contributed by atoms with van der Waals surface area (Å²) in [5, 5.41) is 2.42. The maximum atomic E-state index is 6.06. The van der Waals surface area contributed by atoms with Crippen molar-refractivity contribution >= 4 is 33.8 Å². The summed E-state index contributed by atoms with van der Waals surface area (Å²) in [5.74, 6) is 0.502. The van der Waals surface area contributed by atoms with E-state index in [2.05, 4.69) is 11.6 Å². The van der Waals surface area contributed by atoms with Crippen molar-refractivity contribution in [3.05, 3.63) is 41.6 Å². The largest absolute Gasteiger partial charge is 0.383 e. The van der Waals surface area contributed by atoms with E-state index in [-0.39, 0.29) is 0 Å². The van der Waals surface area contributed by atoms with Crippen molar-refractivity contribution in [2.24, 2.45) is 0 Å². The predicted molar refractivity (Wildman–Crippen MR) is 65.9 cm³/mol. The van der Waals surface area contributed by atoms with E-state index in [1.54, 1.807) is 6.20 Å². The Morgan fingerprint density at radius 2 is 2.13 bits per heavy atom. The molecule has 2 N–H and O–H groups in total. The van der Waals surface area contributed by atoms with Gasteiger partial charge in [0.05, 0.1) is 5.02 Å². The third-order valence-corrected chi connectivity index (χ3v) is 2.66. The van der Waals surface area contributed by atoms with Crippen LogP contribution in [0.2, 0.25) is 5.02 Å². The summed E-state index contributed by atoms with van der Waals surface area (Å²) in [5.41, 5.74) is 7.83.